The van der Waals surface area contributed by atoms with Crippen LogP contribution < -0.4 is 0 Å². The molecule has 1 atom stereocenters. The van der Waals surface area contributed by atoms with Crippen molar-refractivity contribution in [1.29, 1.82) is 0 Å². The first kappa shape index (κ1) is 12.9. The topological polar surface area (TPSA) is 38.1 Å². The third-order valence-electron chi connectivity index (χ3n) is 3.90. The largest absolute Gasteiger partial charge is 0.340 e. The molecule has 2 aromatic rings. The predicted octanol–water partition coefficient (Wildman–Crippen LogP) is 2.44. The fraction of sp³-hybridized carbons (Fsp3) is 0.375. The Hall–Kier alpha value is -2.10. The molecule has 0 N–H and O–H groups in total. The molecule has 0 radical (unpaired) electrons. The Bertz CT molecular complexity index is 591. The van der Waals surface area contributed by atoms with E-state index < -0.39 is 0 Å². The quantitative estimate of drug-likeness (QED) is 0.840. The van der Waals surface area contributed by atoms with Crippen molar-refractivity contribution in [2.24, 2.45) is 7.05 Å². The van der Waals surface area contributed by atoms with Gasteiger partial charge in [0, 0.05) is 32.3 Å². The average Bonchev–Trinajstić information content (AvgIpc) is 2.94. The van der Waals surface area contributed by atoms with Crippen LogP contribution in [0.15, 0.2) is 42.9 Å². The van der Waals surface area contributed by atoms with Gasteiger partial charge in [-0.2, -0.15) is 0 Å². The van der Waals surface area contributed by atoms with Crippen molar-refractivity contribution in [3.63, 3.8) is 0 Å². The monoisotopic (exact) mass is 269 g/mol. The van der Waals surface area contributed by atoms with Crippen LogP contribution in [0.25, 0.3) is 0 Å². The van der Waals surface area contributed by atoms with Gasteiger partial charge in [0.05, 0.1) is 6.33 Å². The van der Waals surface area contributed by atoms with E-state index in [1.165, 1.54) is 5.56 Å². The number of aryl methyl sites for hydroxylation is 1. The zero-order valence-corrected chi connectivity index (χ0v) is 11.7. The number of amides is 1. The molecule has 4 nitrogen and oxygen atoms in total. The second-order valence-corrected chi connectivity index (χ2v) is 5.43. The molecule has 1 aromatic heterocycles. The summed E-state index contributed by atoms with van der Waals surface area (Å²) in [6.07, 6.45) is 5.66. The van der Waals surface area contributed by atoms with Crippen LogP contribution in [0.1, 0.15) is 34.8 Å². The second kappa shape index (κ2) is 5.49. The van der Waals surface area contributed by atoms with Crippen molar-refractivity contribution in [3.05, 3.63) is 54.1 Å². The molecule has 0 bridgehead atoms. The summed E-state index contributed by atoms with van der Waals surface area (Å²) in [6.45, 7) is 1.62. The fourth-order valence-corrected chi connectivity index (χ4v) is 2.84. The highest BCUT2D eigenvalue weighted by atomic mass is 16.2. The zero-order valence-electron chi connectivity index (χ0n) is 11.7. The van der Waals surface area contributed by atoms with Gasteiger partial charge in [-0.1, -0.05) is 30.3 Å². The third-order valence-corrected chi connectivity index (χ3v) is 3.90. The summed E-state index contributed by atoms with van der Waals surface area (Å²) in [6, 6.07) is 10.5. The molecular formula is C16H19N3O. The lowest BCUT2D eigenvalue weighted by Gasteiger charge is -2.32. The van der Waals surface area contributed by atoms with Crippen molar-refractivity contribution < 1.29 is 4.79 Å². The van der Waals surface area contributed by atoms with Gasteiger partial charge >= 0.3 is 0 Å². The minimum Gasteiger partial charge on any atom is -0.340 e. The van der Waals surface area contributed by atoms with Crippen molar-refractivity contribution in [2.75, 3.05) is 13.1 Å². The van der Waals surface area contributed by atoms with E-state index in [0.717, 1.165) is 25.9 Å². The van der Waals surface area contributed by atoms with E-state index in [4.69, 9.17) is 0 Å². The molecule has 20 heavy (non-hydrogen) atoms. The lowest BCUT2D eigenvalue weighted by molar-refractivity contribution is 0.0701. The van der Waals surface area contributed by atoms with E-state index >= 15 is 0 Å². The third kappa shape index (κ3) is 2.59. The van der Waals surface area contributed by atoms with Gasteiger partial charge in [0.2, 0.25) is 0 Å². The van der Waals surface area contributed by atoms with Gasteiger partial charge in [0.15, 0.2) is 0 Å². The Morgan fingerprint density at radius 1 is 1.30 bits per heavy atom. The number of hydrogen-bond acceptors (Lipinski definition) is 2. The molecule has 104 valence electrons. The van der Waals surface area contributed by atoms with E-state index in [1.807, 2.05) is 22.6 Å². The SMILES string of the molecule is Cn1cnc(C(=O)N2CCC[C@@H](c3ccccc3)C2)c1. The molecular weight excluding hydrogens is 250 g/mol. The molecule has 0 unspecified atom stereocenters. The van der Waals surface area contributed by atoms with Gasteiger partial charge in [-0.3, -0.25) is 4.79 Å². The van der Waals surface area contributed by atoms with Crippen molar-refractivity contribution in [1.82, 2.24) is 14.5 Å². The van der Waals surface area contributed by atoms with Crippen LogP contribution in [-0.2, 0) is 7.05 Å². The van der Waals surface area contributed by atoms with Crippen LogP contribution in [0.3, 0.4) is 0 Å². The molecule has 0 saturated carbocycles. The molecule has 1 aromatic carbocycles. The summed E-state index contributed by atoms with van der Waals surface area (Å²) in [7, 11) is 1.88. The molecule has 0 spiro atoms. The highest BCUT2D eigenvalue weighted by Crippen LogP contribution is 2.27. The highest BCUT2D eigenvalue weighted by molar-refractivity contribution is 5.92. The lowest BCUT2D eigenvalue weighted by atomic mass is 9.90. The summed E-state index contributed by atoms with van der Waals surface area (Å²) < 4.78 is 1.81. The summed E-state index contributed by atoms with van der Waals surface area (Å²) in [4.78, 5) is 18.5. The van der Waals surface area contributed by atoms with Gasteiger partial charge in [-0.25, -0.2) is 4.98 Å². The normalized spacial score (nSPS) is 19.1. The Morgan fingerprint density at radius 2 is 2.10 bits per heavy atom. The molecule has 3 rings (SSSR count). The number of hydrogen-bond donors (Lipinski definition) is 0. The Morgan fingerprint density at radius 3 is 2.80 bits per heavy atom. The molecule has 4 heteroatoms. The molecule has 2 heterocycles. The number of carbonyl (C=O) groups is 1. The predicted molar refractivity (Wildman–Crippen MR) is 77.5 cm³/mol. The number of imidazole rings is 1. The van der Waals surface area contributed by atoms with Gasteiger partial charge in [0.1, 0.15) is 5.69 Å². The van der Waals surface area contributed by atoms with E-state index in [-0.39, 0.29) is 5.91 Å². The standard InChI is InChI=1S/C16H19N3O/c1-18-11-15(17-12-18)16(20)19-9-5-8-14(10-19)13-6-3-2-4-7-13/h2-4,6-7,11-12,14H,5,8-10H2,1H3/t14-/m1/s1. The number of likely N-dealkylation sites (tertiary alicyclic amines) is 1. The number of nitrogens with zero attached hydrogens (tertiary/aromatic N) is 3. The van der Waals surface area contributed by atoms with Gasteiger partial charge in [-0.05, 0) is 18.4 Å². The molecule has 1 aliphatic heterocycles. The van der Waals surface area contributed by atoms with E-state index in [1.54, 1.807) is 12.5 Å². The van der Waals surface area contributed by atoms with Gasteiger partial charge < -0.3 is 9.47 Å². The van der Waals surface area contributed by atoms with Crippen LogP contribution in [0, 0.1) is 0 Å². The van der Waals surface area contributed by atoms with Crippen LogP contribution in [-0.4, -0.2) is 33.4 Å². The first-order valence-electron chi connectivity index (χ1n) is 7.06. The smallest absolute Gasteiger partial charge is 0.274 e. The first-order valence-corrected chi connectivity index (χ1v) is 7.06. The number of piperidine rings is 1. The molecule has 1 saturated heterocycles. The first-order chi connectivity index (χ1) is 9.74. The number of rotatable bonds is 2. The van der Waals surface area contributed by atoms with Crippen LogP contribution in [0.4, 0.5) is 0 Å². The van der Waals surface area contributed by atoms with E-state index in [0.29, 0.717) is 11.6 Å². The second-order valence-electron chi connectivity index (χ2n) is 5.43. The molecule has 1 aliphatic rings. The van der Waals surface area contributed by atoms with Crippen molar-refractivity contribution >= 4 is 5.91 Å². The summed E-state index contributed by atoms with van der Waals surface area (Å²) in [5.74, 6) is 0.490. The zero-order chi connectivity index (χ0) is 13.9. The number of benzene rings is 1. The fourth-order valence-electron chi connectivity index (χ4n) is 2.84. The molecule has 1 fully saturated rings. The van der Waals surface area contributed by atoms with Crippen LogP contribution in [0.5, 0.6) is 0 Å². The molecule has 1 amide bonds. The number of carbonyl (C=O) groups excluding carboxylic acids is 1. The maximum atomic E-state index is 12.4. The Kier molecular flexibility index (Phi) is 3.54. The Balaban J connectivity index is 1.74. The minimum absolute atomic E-state index is 0.0474. The molecule has 0 aliphatic carbocycles. The highest BCUT2D eigenvalue weighted by Gasteiger charge is 2.26. The van der Waals surface area contributed by atoms with Crippen LogP contribution in [0.2, 0.25) is 0 Å². The maximum absolute atomic E-state index is 12.4. The Labute approximate surface area is 119 Å². The number of aromatic nitrogens is 2. The minimum atomic E-state index is 0.0474. The van der Waals surface area contributed by atoms with Crippen LogP contribution >= 0.6 is 0 Å². The van der Waals surface area contributed by atoms with E-state index in [2.05, 4.69) is 29.2 Å². The van der Waals surface area contributed by atoms with Gasteiger partial charge in [0.25, 0.3) is 5.91 Å². The maximum Gasteiger partial charge on any atom is 0.274 e. The van der Waals surface area contributed by atoms with Crippen molar-refractivity contribution in [2.45, 2.75) is 18.8 Å². The average molecular weight is 269 g/mol. The van der Waals surface area contributed by atoms with E-state index in [9.17, 15) is 4.79 Å². The van der Waals surface area contributed by atoms with Crippen molar-refractivity contribution in [3.8, 4) is 0 Å². The van der Waals surface area contributed by atoms with Gasteiger partial charge in [-0.15, -0.1) is 0 Å². The summed E-state index contributed by atoms with van der Waals surface area (Å²) in [5, 5.41) is 0. The summed E-state index contributed by atoms with van der Waals surface area (Å²) in [5.41, 5.74) is 1.87. The lowest BCUT2D eigenvalue weighted by Crippen LogP contribution is -2.39. The summed E-state index contributed by atoms with van der Waals surface area (Å²) >= 11 is 0.